The van der Waals surface area contributed by atoms with Crippen molar-refractivity contribution in [3.05, 3.63) is 47.5 Å². The summed E-state index contributed by atoms with van der Waals surface area (Å²) in [5.74, 6) is 0. The van der Waals surface area contributed by atoms with E-state index in [1.54, 1.807) is 0 Å². The number of hydrogen-bond acceptors (Lipinski definition) is 2. The van der Waals surface area contributed by atoms with E-state index in [1.807, 2.05) is 12.1 Å². The molecule has 0 aliphatic heterocycles. The normalized spacial score (nSPS) is 14.5. The molecule has 1 aliphatic rings. The van der Waals surface area contributed by atoms with Crippen molar-refractivity contribution in [2.45, 2.75) is 57.8 Å². The van der Waals surface area contributed by atoms with E-state index >= 15 is 0 Å². The van der Waals surface area contributed by atoms with E-state index in [0.29, 0.717) is 0 Å². The maximum atomic E-state index is 6.15. The molecule has 3 rings (SSSR count). The van der Waals surface area contributed by atoms with Gasteiger partial charge in [-0.3, -0.25) is 0 Å². The van der Waals surface area contributed by atoms with Gasteiger partial charge >= 0.3 is 0 Å². The van der Waals surface area contributed by atoms with Gasteiger partial charge in [-0.05, 0) is 59.4 Å². The van der Waals surface area contributed by atoms with E-state index in [4.69, 9.17) is 11.5 Å². The minimum atomic E-state index is 0.0848. The van der Waals surface area contributed by atoms with Crippen LogP contribution in [0.4, 0.5) is 11.4 Å². The summed E-state index contributed by atoms with van der Waals surface area (Å²) < 4.78 is 0. The largest absolute Gasteiger partial charge is 0.399 e. The number of nitrogens with two attached hydrogens (primary N) is 2. The molecule has 0 heterocycles. The first kappa shape index (κ1) is 15.9. The molecule has 0 atom stereocenters. The van der Waals surface area contributed by atoms with Crippen LogP contribution in [0, 0.1) is 0 Å². The first-order valence-electron chi connectivity index (χ1n) is 8.92. The van der Waals surface area contributed by atoms with E-state index in [1.165, 1.54) is 60.8 Å². The highest BCUT2D eigenvalue weighted by atomic mass is 14.6. The lowest BCUT2D eigenvalue weighted by molar-refractivity contribution is 0.415. The molecule has 0 unspecified atom stereocenters. The van der Waals surface area contributed by atoms with Crippen molar-refractivity contribution < 1.29 is 0 Å². The van der Waals surface area contributed by atoms with Gasteiger partial charge in [0.1, 0.15) is 0 Å². The van der Waals surface area contributed by atoms with Gasteiger partial charge in [0.25, 0.3) is 0 Å². The number of anilines is 2. The maximum absolute atomic E-state index is 6.15. The van der Waals surface area contributed by atoms with E-state index in [0.717, 1.165) is 11.4 Å². The molecule has 0 bridgehead atoms. The Hall–Kier alpha value is -1.96. The Morgan fingerprint density at radius 2 is 1.17 bits per heavy atom. The lowest BCUT2D eigenvalue weighted by Gasteiger charge is -2.33. The third-order valence-corrected chi connectivity index (χ3v) is 5.32. The molecule has 0 spiro atoms. The predicted octanol–water partition coefficient (Wildman–Crippen LogP) is 5.50. The van der Waals surface area contributed by atoms with E-state index in [-0.39, 0.29) is 5.41 Å². The Balaban J connectivity index is 2.23. The zero-order chi connectivity index (χ0) is 16.4. The molecule has 2 aromatic rings. The molecule has 0 saturated heterocycles. The second-order valence-corrected chi connectivity index (χ2v) is 6.90. The highest BCUT2D eigenvalue weighted by Crippen LogP contribution is 2.54. The van der Waals surface area contributed by atoms with Crippen LogP contribution in [0.25, 0.3) is 11.1 Å². The number of nitrogen functional groups attached to an aromatic ring is 2. The summed E-state index contributed by atoms with van der Waals surface area (Å²) in [6.07, 6.45) is 7.23. The van der Waals surface area contributed by atoms with Gasteiger partial charge in [-0.2, -0.15) is 0 Å². The molecule has 122 valence electrons. The van der Waals surface area contributed by atoms with Crippen LogP contribution in [0.3, 0.4) is 0 Å². The van der Waals surface area contributed by atoms with Crippen molar-refractivity contribution in [1.82, 2.24) is 0 Å². The average Bonchev–Trinajstić information content (AvgIpc) is 2.80. The van der Waals surface area contributed by atoms with Crippen LogP contribution >= 0.6 is 0 Å². The smallest absolute Gasteiger partial charge is 0.0317 e. The SMILES string of the molecule is CCCCC1(CCCC)c2cc(N)ccc2-c2ccc(N)cc21. The van der Waals surface area contributed by atoms with Crippen LogP contribution in [0.15, 0.2) is 36.4 Å². The molecular weight excluding hydrogens is 280 g/mol. The van der Waals surface area contributed by atoms with Gasteiger partial charge in [0, 0.05) is 16.8 Å². The van der Waals surface area contributed by atoms with Gasteiger partial charge in [0.15, 0.2) is 0 Å². The molecule has 0 radical (unpaired) electrons. The Morgan fingerprint density at radius 3 is 1.57 bits per heavy atom. The molecule has 0 saturated carbocycles. The van der Waals surface area contributed by atoms with Gasteiger partial charge in [0.2, 0.25) is 0 Å². The van der Waals surface area contributed by atoms with Crippen molar-refractivity contribution in [3.8, 4) is 11.1 Å². The predicted molar refractivity (Wildman–Crippen MR) is 101 cm³/mol. The minimum Gasteiger partial charge on any atom is -0.399 e. The van der Waals surface area contributed by atoms with Crippen molar-refractivity contribution in [2.24, 2.45) is 0 Å². The second kappa shape index (κ2) is 6.27. The second-order valence-electron chi connectivity index (χ2n) is 6.90. The lowest BCUT2D eigenvalue weighted by atomic mass is 9.70. The third-order valence-electron chi connectivity index (χ3n) is 5.32. The number of fused-ring (bicyclic) bond motifs is 3. The molecule has 0 fully saturated rings. The highest BCUT2D eigenvalue weighted by Gasteiger charge is 2.42. The third kappa shape index (κ3) is 2.60. The Labute approximate surface area is 139 Å². The van der Waals surface area contributed by atoms with Crippen LogP contribution in [0.2, 0.25) is 0 Å². The molecular formula is C21H28N2. The molecule has 23 heavy (non-hydrogen) atoms. The first-order valence-corrected chi connectivity index (χ1v) is 8.92. The molecule has 4 N–H and O–H groups in total. The van der Waals surface area contributed by atoms with Crippen LogP contribution in [-0.4, -0.2) is 0 Å². The zero-order valence-electron chi connectivity index (χ0n) is 14.4. The monoisotopic (exact) mass is 308 g/mol. The van der Waals surface area contributed by atoms with Crippen LogP contribution in [-0.2, 0) is 5.41 Å². The molecule has 0 amide bonds. The highest BCUT2D eigenvalue weighted by molar-refractivity contribution is 5.83. The summed E-state index contributed by atoms with van der Waals surface area (Å²) in [6.45, 7) is 4.53. The number of hydrogen-bond donors (Lipinski definition) is 2. The number of benzene rings is 2. The van der Waals surface area contributed by atoms with Crippen molar-refractivity contribution in [3.63, 3.8) is 0 Å². The summed E-state index contributed by atoms with van der Waals surface area (Å²) in [7, 11) is 0. The molecule has 0 aromatic heterocycles. The van der Waals surface area contributed by atoms with Crippen molar-refractivity contribution in [1.29, 1.82) is 0 Å². The quantitative estimate of drug-likeness (QED) is 0.692. The van der Waals surface area contributed by atoms with Crippen LogP contribution in [0.5, 0.6) is 0 Å². The van der Waals surface area contributed by atoms with Gasteiger partial charge in [-0.15, -0.1) is 0 Å². The maximum Gasteiger partial charge on any atom is 0.0317 e. The van der Waals surface area contributed by atoms with Crippen molar-refractivity contribution >= 4 is 11.4 Å². The molecule has 2 heteroatoms. The lowest BCUT2D eigenvalue weighted by Crippen LogP contribution is -2.25. The molecule has 1 aliphatic carbocycles. The zero-order valence-corrected chi connectivity index (χ0v) is 14.4. The number of rotatable bonds is 6. The van der Waals surface area contributed by atoms with Gasteiger partial charge in [-0.1, -0.05) is 51.7 Å². The summed E-state index contributed by atoms with van der Waals surface area (Å²) >= 11 is 0. The van der Waals surface area contributed by atoms with E-state index in [9.17, 15) is 0 Å². The van der Waals surface area contributed by atoms with E-state index < -0.39 is 0 Å². The van der Waals surface area contributed by atoms with Crippen LogP contribution < -0.4 is 11.5 Å². The van der Waals surface area contributed by atoms with Gasteiger partial charge < -0.3 is 11.5 Å². The van der Waals surface area contributed by atoms with Gasteiger partial charge in [0.05, 0.1) is 0 Å². The average molecular weight is 308 g/mol. The minimum absolute atomic E-state index is 0.0848. The summed E-state index contributed by atoms with van der Waals surface area (Å²) in [6, 6.07) is 12.8. The summed E-state index contributed by atoms with van der Waals surface area (Å²) in [4.78, 5) is 0. The summed E-state index contributed by atoms with van der Waals surface area (Å²) in [5, 5.41) is 0. The fourth-order valence-corrected chi connectivity index (χ4v) is 4.15. The fourth-order valence-electron chi connectivity index (χ4n) is 4.15. The fraction of sp³-hybridized carbons (Fsp3) is 0.429. The van der Waals surface area contributed by atoms with E-state index in [2.05, 4.69) is 38.1 Å². The van der Waals surface area contributed by atoms with Crippen molar-refractivity contribution in [2.75, 3.05) is 11.5 Å². The topological polar surface area (TPSA) is 52.0 Å². The van der Waals surface area contributed by atoms with Gasteiger partial charge in [-0.25, -0.2) is 0 Å². The Kier molecular flexibility index (Phi) is 4.34. The first-order chi connectivity index (χ1) is 11.1. The Morgan fingerprint density at radius 1 is 0.739 bits per heavy atom. The standard InChI is InChI=1S/C21H28N2/c1-3-5-11-21(12-6-4-2)19-13-15(22)7-9-17(19)18-10-8-16(23)14-20(18)21/h7-10,13-14H,3-6,11-12,22-23H2,1-2H3. The Bertz CT molecular complexity index is 641. The van der Waals surface area contributed by atoms with Crippen LogP contribution in [0.1, 0.15) is 63.5 Å². The molecule has 2 aromatic carbocycles. The molecule has 2 nitrogen and oxygen atoms in total. The number of unbranched alkanes of at least 4 members (excludes halogenated alkanes) is 2. The summed E-state index contributed by atoms with van der Waals surface area (Å²) in [5.41, 5.74) is 19.6.